The summed E-state index contributed by atoms with van der Waals surface area (Å²) in [5.41, 5.74) is 0.125. The molecule has 254 valence electrons. The number of phenols is 3. The van der Waals surface area contributed by atoms with E-state index in [1.165, 1.54) is 69.9 Å². The van der Waals surface area contributed by atoms with E-state index in [0.29, 0.717) is 11.1 Å². The lowest BCUT2D eigenvalue weighted by atomic mass is 9.99. The van der Waals surface area contributed by atoms with Gasteiger partial charge in [0, 0.05) is 23.8 Å². The Hall–Kier alpha value is -5.48. The summed E-state index contributed by atoms with van der Waals surface area (Å²) in [5, 5.41) is 62.1. The van der Waals surface area contributed by atoms with Crippen LogP contribution in [0.25, 0.3) is 28.4 Å². The molecule has 0 amide bonds. The van der Waals surface area contributed by atoms with Gasteiger partial charge in [-0.15, -0.1) is 0 Å². The van der Waals surface area contributed by atoms with E-state index in [0.717, 1.165) is 12.1 Å². The first-order valence-electron chi connectivity index (χ1n) is 14.3. The van der Waals surface area contributed by atoms with Crippen LogP contribution < -0.4 is 24.4 Å². The van der Waals surface area contributed by atoms with Crippen LogP contribution in [0.1, 0.15) is 5.56 Å². The van der Waals surface area contributed by atoms with Crippen molar-refractivity contribution >= 4 is 23.0 Å². The Bertz CT molecular complexity index is 1860. The normalized spacial score (nSPS) is 20.8. The van der Waals surface area contributed by atoms with Crippen molar-refractivity contribution in [1.29, 1.82) is 0 Å². The van der Waals surface area contributed by atoms with Crippen LogP contribution in [0.3, 0.4) is 0 Å². The van der Waals surface area contributed by atoms with Crippen molar-refractivity contribution < 1.29 is 68.3 Å². The maximum atomic E-state index is 13.0. The Morgan fingerprint density at radius 1 is 0.833 bits per heavy atom. The lowest BCUT2D eigenvalue weighted by Crippen LogP contribution is -2.60. The standard InChI is InChI=1S/C33H32O15/c1-42-21-10-15(11-22(43-2)27(21)37)4-9-25(36)45-14-24-28(38)30(40)31(41)33(48-24)47-23-13-20-26(29(39)32(23)44-3)18(35)12-19(46-20)16-5-7-17(34)8-6-16/h4-13,24,28,30-31,33-34,37-41H,14H2,1-3H3. The van der Waals surface area contributed by atoms with Gasteiger partial charge in [-0.3, -0.25) is 4.79 Å². The monoisotopic (exact) mass is 668 g/mol. The van der Waals surface area contributed by atoms with Crippen molar-refractivity contribution in [3.8, 4) is 51.6 Å². The zero-order chi connectivity index (χ0) is 34.7. The molecule has 0 radical (unpaired) electrons. The minimum atomic E-state index is -1.83. The van der Waals surface area contributed by atoms with Crippen molar-refractivity contribution in [3.63, 3.8) is 0 Å². The number of hydrogen-bond donors (Lipinski definition) is 6. The van der Waals surface area contributed by atoms with Gasteiger partial charge < -0.3 is 63.5 Å². The van der Waals surface area contributed by atoms with Crippen LogP contribution in [0.5, 0.6) is 40.2 Å². The Morgan fingerprint density at radius 3 is 2.12 bits per heavy atom. The number of hydrogen-bond acceptors (Lipinski definition) is 15. The minimum Gasteiger partial charge on any atom is -0.508 e. The second-order valence-corrected chi connectivity index (χ2v) is 10.5. The Labute approximate surface area is 271 Å². The molecule has 3 aromatic carbocycles. The zero-order valence-electron chi connectivity index (χ0n) is 25.7. The number of carbonyl (C=O) groups is 1. The molecule has 0 aliphatic carbocycles. The molecular formula is C33H32O15. The van der Waals surface area contributed by atoms with E-state index in [4.69, 9.17) is 32.8 Å². The number of methoxy groups -OCH3 is 3. The van der Waals surface area contributed by atoms with Gasteiger partial charge in [-0.25, -0.2) is 4.79 Å². The number of aromatic hydroxyl groups is 3. The van der Waals surface area contributed by atoms with Gasteiger partial charge in [0.1, 0.15) is 53.5 Å². The van der Waals surface area contributed by atoms with Crippen LogP contribution in [-0.4, -0.2) is 95.3 Å². The molecule has 1 fully saturated rings. The minimum absolute atomic E-state index is 0.000921. The summed E-state index contributed by atoms with van der Waals surface area (Å²) in [6, 6.07) is 11.1. The number of phenolic OH excluding ortho intramolecular Hbond substituents is 3. The fourth-order valence-corrected chi connectivity index (χ4v) is 4.98. The lowest BCUT2D eigenvalue weighted by molar-refractivity contribution is -0.278. The zero-order valence-corrected chi connectivity index (χ0v) is 25.7. The van der Waals surface area contributed by atoms with Crippen molar-refractivity contribution in [2.45, 2.75) is 30.7 Å². The van der Waals surface area contributed by atoms with Gasteiger partial charge in [0.05, 0.1) is 21.3 Å². The highest BCUT2D eigenvalue weighted by Crippen LogP contribution is 2.43. The van der Waals surface area contributed by atoms with E-state index in [1.807, 2.05) is 0 Å². The summed E-state index contributed by atoms with van der Waals surface area (Å²) in [5.74, 6) is -1.99. The molecule has 4 aromatic rings. The summed E-state index contributed by atoms with van der Waals surface area (Å²) < 4.78 is 37.9. The van der Waals surface area contributed by atoms with Gasteiger partial charge in [0.15, 0.2) is 28.4 Å². The third-order valence-corrected chi connectivity index (χ3v) is 7.48. The second-order valence-electron chi connectivity index (χ2n) is 10.5. The Kier molecular flexibility index (Phi) is 9.95. The Morgan fingerprint density at radius 2 is 1.50 bits per heavy atom. The molecular weight excluding hydrogens is 636 g/mol. The van der Waals surface area contributed by atoms with Gasteiger partial charge in [0.2, 0.25) is 17.8 Å². The maximum Gasteiger partial charge on any atom is 0.330 e. The molecule has 5 rings (SSSR count). The van der Waals surface area contributed by atoms with Gasteiger partial charge in [0.25, 0.3) is 0 Å². The first-order valence-corrected chi connectivity index (χ1v) is 14.3. The van der Waals surface area contributed by atoms with Crippen molar-refractivity contribution in [2.24, 2.45) is 0 Å². The topological polar surface area (TPSA) is 224 Å². The van der Waals surface area contributed by atoms with Crippen LogP contribution in [0.4, 0.5) is 0 Å². The maximum absolute atomic E-state index is 13.0. The molecule has 1 aliphatic rings. The van der Waals surface area contributed by atoms with Crippen LogP contribution in [0, 0.1) is 0 Å². The highest BCUT2D eigenvalue weighted by molar-refractivity contribution is 5.90. The quantitative estimate of drug-likeness (QED) is 0.105. The predicted octanol–water partition coefficient (Wildman–Crippen LogP) is 2.05. The van der Waals surface area contributed by atoms with Gasteiger partial charge in [-0.1, -0.05) is 0 Å². The van der Waals surface area contributed by atoms with E-state index in [1.54, 1.807) is 0 Å². The molecule has 15 nitrogen and oxygen atoms in total. The molecule has 15 heteroatoms. The number of benzene rings is 3. The van der Waals surface area contributed by atoms with E-state index < -0.39 is 54.5 Å². The molecule has 1 saturated heterocycles. The fraction of sp³-hybridized carbons (Fsp3) is 0.273. The number of aliphatic hydroxyl groups is 3. The van der Waals surface area contributed by atoms with Crippen LogP contribution in [-0.2, 0) is 14.3 Å². The summed E-state index contributed by atoms with van der Waals surface area (Å²) in [6.07, 6.45) is -6.03. The molecule has 48 heavy (non-hydrogen) atoms. The number of aliphatic hydroxyl groups excluding tert-OH is 3. The molecule has 0 spiro atoms. The molecule has 5 atom stereocenters. The second kappa shape index (κ2) is 14.1. The largest absolute Gasteiger partial charge is 0.508 e. The number of rotatable bonds is 10. The SMILES string of the molecule is COc1cc(C=CC(=O)OCC2OC(Oc3cc4oc(-c5ccc(O)cc5)cc(=O)c4c(O)c3OC)C(O)C(O)C2O)cc(OC)c1O. The number of carbonyl (C=O) groups excluding carboxylic acids is 1. The number of esters is 1. The predicted molar refractivity (Wildman–Crippen MR) is 166 cm³/mol. The Balaban J connectivity index is 1.35. The smallest absolute Gasteiger partial charge is 0.330 e. The molecule has 0 bridgehead atoms. The highest BCUT2D eigenvalue weighted by Gasteiger charge is 2.46. The highest BCUT2D eigenvalue weighted by atomic mass is 16.7. The molecule has 1 aromatic heterocycles. The lowest BCUT2D eigenvalue weighted by Gasteiger charge is -2.40. The summed E-state index contributed by atoms with van der Waals surface area (Å²) >= 11 is 0. The molecule has 1 aliphatic heterocycles. The molecule has 0 saturated carbocycles. The average molecular weight is 669 g/mol. The molecule has 2 heterocycles. The van der Waals surface area contributed by atoms with Crippen LogP contribution in [0.2, 0.25) is 0 Å². The molecule has 6 N–H and O–H groups in total. The van der Waals surface area contributed by atoms with E-state index >= 15 is 0 Å². The van der Waals surface area contributed by atoms with Crippen molar-refractivity contribution in [1.82, 2.24) is 0 Å². The number of ether oxygens (including phenoxy) is 6. The first kappa shape index (κ1) is 33.9. The van der Waals surface area contributed by atoms with Crippen LogP contribution in [0.15, 0.2) is 63.8 Å². The first-order chi connectivity index (χ1) is 22.9. The summed E-state index contributed by atoms with van der Waals surface area (Å²) in [6.45, 7) is -0.582. The van der Waals surface area contributed by atoms with E-state index in [-0.39, 0.29) is 51.2 Å². The third kappa shape index (κ3) is 6.79. The van der Waals surface area contributed by atoms with Gasteiger partial charge in [-0.2, -0.15) is 0 Å². The third-order valence-electron chi connectivity index (χ3n) is 7.48. The molecule has 5 unspecified atom stereocenters. The summed E-state index contributed by atoms with van der Waals surface area (Å²) in [4.78, 5) is 25.5. The van der Waals surface area contributed by atoms with Crippen molar-refractivity contribution in [3.05, 3.63) is 70.4 Å². The van der Waals surface area contributed by atoms with E-state index in [9.17, 15) is 40.2 Å². The van der Waals surface area contributed by atoms with Gasteiger partial charge >= 0.3 is 5.97 Å². The fourth-order valence-electron chi connectivity index (χ4n) is 4.98. The van der Waals surface area contributed by atoms with Crippen LogP contribution >= 0.6 is 0 Å². The van der Waals surface area contributed by atoms with E-state index in [2.05, 4.69) is 0 Å². The van der Waals surface area contributed by atoms with Crippen molar-refractivity contribution in [2.75, 3.05) is 27.9 Å². The average Bonchev–Trinajstić information content (AvgIpc) is 3.07. The summed E-state index contributed by atoms with van der Waals surface area (Å²) in [7, 11) is 3.89. The van der Waals surface area contributed by atoms with Gasteiger partial charge in [-0.05, 0) is 48.0 Å². The number of fused-ring (bicyclic) bond motifs is 1.